The average molecular weight is 263 g/mol. The SMILES string of the molecule is Cc1c(NN)nc(C2CC2)nc1NCC1CCOC1. The van der Waals surface area contributed by atoms with Gasteiger partial charge in [0, 0.05) is 30.6 Å². The minimum atomic E-state index is 0.517. The van der Waals surface area contributed by atoms with Crippen LogP contribution in [-0.2, 0) is 4.74 Å². The summed E-state index contributed by atoms with van der Waals surface area (Å²) in [6.45, 7) is 4.60. The van der Waals surface area contributed by atoms with E-state index in [1.807, 2.05) is 6.92 Å². The summed E-state index contributed by atoms with van der Waals surface area (Å²) in [6, 6.07) is 0. The van der Waals surface area contributed by atoms with Gasteiger partial charge in [-0.2, -0.15) is 0 Å². The molecule has 1 aliphatic heterocycles. The molecule has 1 aromatic heterocycles. The van der Waals surface area contributed by atoms with Crippen LogP contribution in [0.15, 0.2) is 0 Å². The molecule has 0 aromatic carbocycles. The van der Waals surface area contributed by atoms with Crippen molar-refractivity contribution in [3.8, 4) is 0 Å². The maximum absolute atomic E-state index is 5.54. The largest absolute Gasteiger partial charge is 0.381 e. The first-order valence-corrected chi connectivity index (χ1v) is 6.94. The Morgan fingerprint density at radius 2 is 2.05 bits per heavy atom. The number of rotatable bonds is 5. The van der Waals surface area contributed by atoms with Crippen LogP contribution in [-0.4, -0.2) is 29.7 Å². The molecule has 2 aliphatic rings. The highest BCUT2D eigenvalue weighted by Crippen LogP contribution is 2.39. The molecule has 1 aromatic rings. The van der Waals surface area contributed by atoms with Gasteiger partial charge in [0.1, 0.15) is 17.5 Å². The molecule has 0 amide bonds. The zero-order valence-corrected chi connectivity index (χ0v) is 11.3. The Hall–Kier alpha value is -1.40. The second-order valence-corrected chi connectivity index (χ2v) is 5.43. The first kappa shape index (κ1) is 12.6. The quantitative estimate of drug-likeness (QED) is 0.550. The Kier molecular flexibility index (Phi) is 3.52. The van der Waals surface area contributed by atoms with Gasteiger partial charge in [-0.3, -0.25) is 0 Å². The Bertz CT molecular complexity index is 455. The number of aromatic nitrogens is 2. The van der Waals surface area contributed by atoms with E-state index in [2.05, 4.69) is 20.7 Å². The topological polar surface area (TPSA) is 85.1 Å². The molecule has 1 unspecified atom stereocenters. The molecule has 104 valence electrons. The normalized spacial score (nSPS) is 22.5. The number of hydrogen-bond acceptors (Lipinski definition) is 6. The first-order valence-electron chi connectivity index (χ1n) is 6.94. The fourth-order valence-corrected chi connectivity index (χ4v) is 2.36. The van der Waals surface area contributed by atoms with E-state index >= 15 is 0 Å². The fourth-order valence-electron chi connectivity index (χ4n) is 2.36. The summed E-state index contributed by atoms with van der Waals surface area (Å²) >= 11 is 0. The zero-order chi connectivity index (χ0) is 13.2. The molecule has 4 N–H and O–H groups in total. The van der Waals surface area contributed by atoms with Crippen LogP contribution in [0.2, 0.25) is 0 Å². The number of ether oxygens (including phenoxy) is 1. The van der Waals surface area contributed by atoms with Crippen molar-refractivity contribution >= 4 is 11.6 Å². The highest BCUT2D eigenvalue weighted by atomic mass is 16.5. The van der Waals surface area contributed by atoms with Crippen molar-refractivity contribution in [3.63, 3.8) is 0 Å². The van der Waals surface area contributed by atoms with Gasteiger partial charge in [-0.05, 0) is 26.2 Å². The molecule has 0 bridgehead atoms. The van der Waals surface area contributed by atoms with Gasteiger partial charge in [0.25, 0.3) is 0 Å². The summed E-state index contributed by atoms with van der Waals surface area (Å²) in [7, 11) is 0. The van der Waals surface area contributed by atoms with Crippen LogP contribution in [0.1, 0.15) is 36.6 Å². The number of hydrogen-bond donors (Lipinski definition) is 3. The second-order valence-electron chi connectivity index (χ2n) is 5.43. The van der Waals surface area contributed by atoms with Gasteiger partial charge in [0.05, 0.1) is 6.61 Å². The second kappa shape index (κ2) is 5.30. The Labute approximate surface area is 113 Å². The van der Waals surface area contributed by atoms with Gasteiger partial charge < -0.3 is 15.5 Å². The molecular weight excluding hydrogens is 242 g/mol. The van der Waals surface area contributed by atoms with Crippen LogP contribution in [0.3, 0.4) is 0 Å². The van der Waals surface area contributed by atoms with Crippen molar-refractivity contribution in [2.75, 3.05) is 30.5 Å². The fraction of sp³-hybridized carbons (Fsp3) is 0.692. The Balaban J connectivity index is 1.75. The number of nitrogens with one attached hydrogen (secondary N) is 2. The molecule has 2 heterocycles. The lowest BCUT2D eigenvalue weighted by molar-refractivity contribution is 0.187. The molecule has 0 spiro atoms. The van der Waals surface area contributed by atoms with Gasteiger partial charge in [-0.15, -0.1) is 0 Å². The molecule has 6 nitrogen and oxygen atoms in total. The summed E-state index contributed by atoms with van der Waals surface area (Å²) in [5.74, 6) is 9.16. The number of hydrazine groups is 1. The molecule has 1 saturated heterocycles. The Morgan fingerprint density at radius 1 is 1.26 bits per heavy atom. The van der Waals surface area contributed by atoms with E-state index in [1.54, 1.807) is 0 Å². The van der Waals surface area contributed by atoms with Gasteiger partial charge in [0.2, 0.25) is 0 Å². The molecule has 2 fully saturated rings. The lowest BCUT2D eigenvalue weighted by Gasteiger charge is -2.15. The standard InChI is InChI=1S/C13H21N5O/c1-8-11(15-6-9-4-5-19-7-9)16-13(10-2-3-10)17-12(8)18-14/h9-10H,2-7,14H2,1H3,(H2,15,16,17,18). The van der Waals surface area contributed by atoms with Crippen molar-refractivity contribution in [1.29, 1.82) is 0 Å². The van der Waals surface area contributed by atoms with Crippen LogP contribution >= 0.6 is 0 Å². The summed E-state index contributed by atoms with van der Waals surface area (Å²) < 4.78 is 5.39. The van der Waals surface area contributed by atoms with Crippen LogP contribution < -0.4 is 16.6 Å². The maximum Gasteiger partial charge on any atom is 0.148 e. The van der Waals surface area contributed by atoms with Crippen molar-refractivity contribution in [2.24, 2.45) is 11.8 Å². The monoisotopic (exact) mass is 263 g/mol. The number of nitrogens with zero attached hydrogens (tertiary/aromatic N) is 2. The predicted molar refractivity (Wildman–Crippen MR) is 74.0 cm³/mol. The van der Waals surface area contributed by atoms with Crippen LogP contribution in [0.5, 0.6) is 0 Å². The molecule has 0 radical (unpaired) electrons. The van der Waals surface area contributed by atoms with E-state index in [0.717, 1.165) is 49.2 Å². The molecule has 1 atom stereocenters. The number of anilines is 2. The molecule has 1 saturated carbocycles. The average Bonchev–Trinajstić information content (AvgIpc) is 3.14. The van der Waals surface area contributed by atoms with Crippen molar-refractivity contribution < 1.29 is 4.74 Å². The third-order valence-corrected chi connectivity index (χ3v) is 3.82. The molecule has 1 aliphatic carbocycles. The van der Waals surface area contributed by atoms with Crippen LogP contribution in [0.4, 0.5) is 11.6 Å². The van der Waals surface area contributed by atoms with E-state index < -0.39 is 0 Å². The number of nitrogen functional groups attached to an aromatic ring is 1. The molecule has 3 rings (SSSR count). The van der Waals surface area contributed by atoms with E-state index in [9.17, 15) is 0 Å². The smallest absolute Gasteiger partial charge is 0.148 e. The predicted octanol–water partition coefficient (Wildman–Crippen LogP) is 1.40. The first-order chi connectivity index (χ1) is 9.28. The lowest BCUT2D eigenvalue weighted by atomic mass is 10.1. The minimum absolute atomic E-state index is 0.517. The lowest BCUT2D eigenvalue weighted by Crippen LogP contribution is -2.18. The van der Waals surface area contributed by atoms with Gasteiger partial charge in [-0.25, -0.2) is 15.8 Å². The summed E-state index contributed by atoms with van der Waals surface area (Å²) in [4.78, 5) is 9.13. The van der Waals surface area contributed by atoms with Crippen LogP contribution in [0.25, 0.3) is 0 Å². The summed E-state index contributed by atoms with van der Waals surface area (Å²) in [6.07, 6.45) is 3.49. The third kappa shape index (κ3) is 2.79. The summed E-state index contributed by atoms with van der Waals surface area (Å²) in [5.41, 5.74) is 3.65. The highest BCUT2D eigenvalue weighted by molar-refractivity contribution is 5.57. The maximum atomic E-state index is 5.54. The van der Waals surface area contributed by atoms with Gasteiger partial charge >= 0.3 is 0 Å². The van der Waals surface area contributed by atoms with Crippen molar-refractivity contribution in [1.82, 2.24) is 9.97 Å². The van der Waals surface area contributed by atoms with Crippen molar-refractivity contribution in [3.05, 3.63) is 11.4 Å². The van der Waals surface area contributed by atoms with E-state index in [4.69, 9.17) is 10.6 Å². The third-order valence-electron chi connectivity index (χ3n) is 3.82. The van der Waals surface area contributed by atoms with Crippen molar-refractivity contribution in [2.45, 2.75) is 32.1 Å². The molecule has 6 heteroatoms. The number of nitrogens with two attached hydrogens (primary N) is 1. The van der Waals surface area contributed by atoms with Gasteiger partial charge in [-0.1, -0.05) is 0 Å². The van der Waals surface area contributed by atoms with E-state index in [-0.39, 0.29) is 0 Å². The van der Waals surface area contributed by atoms with Gasteiger partial charge in [0.15, 0.2) is 0 Å². The Morgan fingerprint density at radius 3 is 2.68 bits per heavy atom. The van der Waals surface area contributed by atoms with E-state index in [0.29, 0.717) is 11.8 Å². The van der Waals surface area contributed by atoms with Crippen LogP contribution in [0, 0.1) is 12.8 Å². The minimum Gasteiger partial charge on any atom is -0.381 e. The molecule has 19 heavy (non-hydrogen) atoms. The molecular formula is C13H21N5O. The highest BCUT2D eigenvalue weighted by Gasteiger charge is 2.28. The van der Waals surface area contributed by atoms with E-state index in [1.165, 1.54) is 12.8 Å². The summed E-state index contributed by atoms with van der Waals surface area (Å²) in [5, 5.41) is 3.43. The zero-order valence-electron chi connectivity index (χ0n) is 11.3.